The van der Waals surface area contributed by atoms with Crippen molar-refractivity contribution in [3.63, 3.8) is 0 Å². The molecule has 0 unspecified atom stereocenters. The molecule has 4 atom stereocenters. The molecule has 44 heavy (non-hydrogen) atoms. The number of esters is 1. The summed E-state index contributed by atoms with van der Waals surface area (Å²) >= 11 is 0. The molecule has 2 aromatic rings. The van der Waals surface area contributed by atoms with E-state index in [1.807, 2.05) is 60.7 Å². The van der Waals surface area contributed by atoms with Gasteiger partial charge in [0.1, 0.15) is 18.6 Å². The molecule has 1 aliphatic rings. The van der Waals surface area contributed by atoms with Crippen molar-refractivity contribution in [1.29, 1.82) is 0 Å². The van der Waals surface area contributed by atoms with Crippen molar-refractivity contribution in [2.45, 2.75) is 64.3 Å². The predicted molar refractivity (Wildman–Crippen MR) is 156 cm³/mol. The zero-order valence-corrected chi connectivity index (χ0v) is 24.9. The van der Waals surface area contributed by atoms with E-state index >= 15 is 0 Å². The number of ether oxygens (including phenoxy) is 2. The number of hydrogen-bond acceptors (Lipinski definition) is 8. The third-order valence-corrected chi connectivity index (χ3v) is 6.75. The third-order valence-electron chi connectivity index (χ3n) is 6.75. The monoisotopic (exact) mass is 610 g/mol. The van der Waals surface area contributed by atoms with E-state index in [1.54, 1.807) is 13.8 Å². The van der Waals surface area contributed by atoms with Crippen molar-refractivity contribution in [3.8, 4) is 0 Å². The van der Waals surface area contributed by atoms with E-state index in [2.05, 4.69) is 16.1 Å². The maximum absolute atomic E-state index is 13.0. The lowest BCUT2D eigenvalue weighted by Crippen LogP contribution is -2.58. The predicted octanol–water partition coefficient (Wildman–Crippen LogP) is 0.762. The third kappa shape index (κ3) is 10.5. The number of carbonyl (C=O) groups is 6. The maximum Gasteiger partial charge on any atom is 0.338 e. The summed E-state index contributed by atoms with van der Waals surface area (Å²) in [4.78, 5) is 75.0. The van der Waals surface area contributed by atoms with Crippen LogP contribution in [0.1, 0.15) is 38.3 Å². The number of aryl methyl sites for hydroxylation is 1. The summed E-state index contributed by atoms with van der Waals surface area (Å²) in [6, 6.07) is 16.5. The van der Waals surface area contributed by atoms with Crippen LogP contribution in [0.25, 0.3) is 0 Å². The first-order chi connectivity index (χ1) is 21.0. The van der Waals surface area contributed by atoms with Crippen LogP contribution in [0.2, 0.25) is 0 Å². The summed E-state index contributed by atoms with van der Waals surface area (Å²) in [5.41, 5.74) is 4.10. The number of benzene rings is 2. The van der Waals surface area contributed by atoms with Crippen molar-refractivity contribution >= 4 is 35.6 Å². The molecule has 0 aromatic heterocycles. The van der Waals surface area contributed by atoms with Gasteiger partial charge in [0.05, 0.1) is 6.61 Å². The Morgan fingerprint density at radius 1 is 0.841 bits per heavy atom. The SMILES string of the molecule is CC(C)[C@H](NC(=O)CCc1ccccc1)C(=O)N[C@@H](C)C(=O)NN(CC(=O)O)C(=O)[C@H]1O[C@@H]1C(=O)OCCc1ccccc1. The summed E-state index contributed by atoms with van der Waals surface area (Å²) in [5, 5.41) is 15.0. The van der Waals surface area contributed by atoms with Gasteiger partial charge in [-0.15, -0.1) is 0 Å². The van der Waals surface area contributed by atoms with E-state index in [0.717, 1.165) is 11.1 Å². The van der Waals surface area contributed by atoms with Gasteiger partial charge >= 0.3 is 11.9 Å². The van der Waals surface area contributed by atoms with Gasteiger partial charge < -0.3 is 25.2 Å². The molecule has 0 spiro atoms. The molecule has 1 fully saturated rings. The van der Waals surface area contributed by atoms with E-state index < -0.39 is 60.5 Å². The Labute approximate surface area is 255 Å². The summed E-state index contributed by atoms with van der Waals surface area (Å²) in [6.07, 6.45) is -1.46. The quantitative estimate of drug-likeness (QED) is 0.128. The molecule has 236 valence electrons. The Morgan fingerprint density at radius 2 is 1.43 bits per heavy atom. The van der Waals surface area contributed by atoms with Gasteiger partial charge in [0.2, 0.25) is 11.8 Å². The lowest BCUT2D eigenvalue weighted by atomic mass is 10.0. The fourth-order valence-electron chi connectivity index (χ4n) is 4.22. The number of carboxylic acid groups (broad SMARTS) is 1. The smallest absolute Gasteiger partial charge is 0.338 e. The Bertz CT molecular complexity index is 1320. The van der Waals surface area contributed by atoms with Crippen LogP contribution in [-0.4, -0.2) is 83.1 Å². The fraction of sp³-hybridized carbons (Fsp3) is 0.419. The first-order valence-corrected chi connectivity index (χ1v) is 14.3. The molecule has 13 heteroatoms. The highest BCUT2D eigenvalue weighted by atomic mass is 16.6. The number of carboxylic acids is 1. The zero-order chi connectivity index (χ0) is 32.2. The van der Waals surface area contributed by atoms with Crippen LogP contribution in [0.4, 0.5) is 0 Å². The molecular formula is C31H38N4O9. The van der Waals surface area contributed by atoms with E-state index in [9.17, 15) is 33.9 Å². The molecule has 0 radical (unpaired) electrons. The van der Waals surface area contributed by atoms with Crippen molar-refractivity contribution in [3.05, 3.63) is 71.8 Å². The lowest BCUT2D eigenvalue weighted by Gasteiger charge is -2.26. The summed E-state index contributed by atoms with van der Waals surface area (Å²) in [6.45, 7) is 3.94. The van der Waals surface area contributed by atoms with Crippen LogP contribution in [0, 0.1) is 5.92 Å². The van der Waals surface area contributed by atoms with Gasteiger partial charge in [-0.25, -0.2) is 9.80 Å². The Hall–Kier alpha value is -4.78. The van der Waals surface area contributed by atoms with E-state index in [-0.39, 0.29) is 24.9 Å². The molecule has 2 aromatic carbocycles. The van der Waals surface area contributed by atoms with Crippen LogP contribution in [0.15, 0.2) is 60.7 Å². The number of rotatable bonds is 15. The standard InChI is InChI=1S/C31H38N4O9/c1-19(2)25(33-23(36)15-14-21-10-6-4-7-11-21)29(40)32-20(3)28(39)34-35(18-24(37)38)30(41)26-27(44-26)31(42)43-17-16-22-12-8-5-9-13-22/h4-13,19-20,25-27H,14-18H2,1-3H3,(H,32,40)(H,33,36)(H,34,39)(H,37,38)/t20-,25-,26-,27-/m0/s1. The van der Waals surface area contributed by atoms with Gasteiger partial charge in [-0.05, 0) is 30.4 Å². The molecule has 1 saturated heterocycles. The average Bonchev–Trinajstić information content (AvgIpc) is 3.80. The Morgan fingerprint density at radius 3 is 2.00 bits per heavy atom. The average molecular weight is 611 g/mol. The van der Waals surface area contributed by atoms with E-state index in [4.69, 9.17) is 9.47 Å². The van der Waals surface area contributed by atoms with Gasteiger partial charge in [0, 0.05) is 12.8 Å². The van der Waals surface area contributed by atoms with Crippen LogP contribution in [-0.2, 0) is 51.1 Å². The number of nitrogens with one attached hydrogen (secondary N) is 3. The van der Waals surface area contributed by atoms with Crippen LogP contribution in [0.3, 0.4) is 0 Å². The molecule has 4 N–H and O–H groups in total. The summed E-state index contributed by atoms with van der Waals surface area (Å²) in [7, 11) is 0. The molecule has 4 amide bonds. The van der Waals surface area contributed by atoms with Crippen molar-refractivity contribution in [2.75, 3.05) is 13.2 Å². The Kier molecular flexibility index (Phi) is 12.4. The van der Waals surface area contributed by atoms with Gasteiger partial charge in [-0.2, -0.15) is 0 Å². The van der Waals surface area contributed by atoms with Crippen molar-refractivity contribution in [2.24, 2.45) is 5.92 Å². The largest absolute Gasteiger partial charge is 0.480 e. The minimum absolute atomic E-state index is 0.0568. The molecule has 0 aliphatic carbocycles. The highest BCUT2D eigenvalue weighted by Crippen LogP contribution is 2.25. The number of hydrogen-bond donors (Lipinski definition) is 4. The number of aliphatic carboxylic acids is 1. The van der Waals surface area contributed by atoms with Gasteiger partial charge in [0.15, 0.2) is 12.2 Å². The summed E-state index contributed by atoms with van der Waals surface area (Å²) < 4.78 is 10.3. The minimum atomic E-state index is -1.43. The Balaban J connectivity index is 1.50. The number of hydrazine groups is 1. The number of carbonyl (C=O) groups excluding carboxylic acids is 5. The highest BCUT2D eigenvalue weighted by Gasteiger charge is 2.53. The molecule has 0 saturated carbocycles. The topological polar surface area (TPSA) is 184 Å². The highest BCUT2D eigenvalue weighted by molar-refractivity contribution is 5.96. The summed E-state index contributed by atoms with van der Waals surface area (Å²) in [5.74, 6) is -5.36. The van der Waals surface area contributed by atoms with Gasteiger partial charge in [-0.3, -0.25) is 29.4 Å². The van der Waals surface area contributed by atoms with Crippen LogP contribution >= 0.6 is 0 Å². The number of amides is 4. The van der Waals surface area contributed by atoms with E-state index in [1.165, 1.54) is 6.92 Å². The molecule has 1 aliphatic heterocycles. The first kappa shape index (κ1) is 33.7. The van der Waals surface area contributed by atoms with Crippen LogP contribution < -0.4 is 16.1 Å². The van der Waals surface area contributed by atoms with Crippen molar-refractivity contribution in [1.82, 2.24) is 21.1 Å². The normalized spacial score (nSPS) is 16.6. The molecule has 1 heterocycles. The number of epoxide rings is 1. The van der Waals surface area contributed by atoms with Crippen molar-refractivity contribution < 1.29 is 43.3 Å². The molecule has 0 bridgehead atoms. The first-order valence-electron chi connectivity index (χ1n) is 14.3. The molecule has 13 nitrogen and oxygen atoms in total. The van der Waals surface area contributed by atoms with Gasteiger partial charge in [-0.1, -0.05) is 74.5 Å². The van der Waals surface area contributed by atoms with Gasteiger partial charge in [0.25, 0.3) is 11.8 Å². The van der Waals surface area contributed by atoms with Crippen LogP contribution in [0.5, 0.6) is 0 Å². The second-order valence-corrected chi connectivity index (χ2v) is 10.7. The molecular weight excluding hydrogens is 572 g/mol. The fourth-order valence-corrected chi connectivity index (χ4v) is 4.22. The molecule has 3 rings (SSSR count). The minimum Gasteiger partial charge on any atom is -0.480 e. The maximum atomic E-state index is 13.0. The zero-order valence-electron chi connectivity index (χ0n) is 24.9. The number of nitrogens with zero attached hydrogens (tertiary/aromatic N) is 1. The lowest BCUT2D eigenvalue weighted by molar-refractivity contribution is -0.151. The second kappa shape index (κ2) is 16.2. The second-order valence-electron chi connectivity index (χ2n) is 10.7. The van der Waals surface area contributed by atoms with E-state index in [0.29, 0.717) is 17.9 Å².